The zero-order valence-corrected chi connectivity index (χ0v) is 17.9. The van der Waals surface area contributed by atoms with E-state index in [-0.39, 0.29) is 11.8 Å². The Hall–Kier alpha value is -2.08. The van der Waals surface area contributed by atoms with E-state index in [1.807, 2.05) is 29.0 Å². The summed E-state index contributed by atoms with van der Waals surface area (Å²) in [7, 11) is 3.63. The van der Waals surface area contributed by atoms with Crippen molar-refractivity contribution in [3.05, 3.63) is 29.8 Å². The van der Waals surface area contributed by atoms with Gasteiger partial charge in [0.15, 0.2) is 0 Å². The van der Waals surface area contributed by atoms with Crippen LogP contribution in [0.5, 0.6) is 5.75 Å². The third-order valence-electron chi connectivity index (χ3n) is 6.22. The number of likely N-dealkylation sites (tertiary alicyclic amines) is 2. The van der Waals surface area contributed by atoms with E-state index in [2.05, 4.69) is 17.0 Å². The second-order valence-corrected chi connectivity index (χ2v) is 8.38. The molecule has 0 radical (unpaired) electrons. The average Bonchev–Trinajstić information content (AvgIpc) is 3.15. The summed E-state index contributed by atoms with van der Waals surface area (Å²) in [5, 5.41) is 0. The van der Waals surface area contributed by atoms with E-state index in [1.54, 1.807) is 7.11 Å². The van der Waals surface area contributed by atoms with Crippen LogP contribution in [-0.4, -0.2) is 79.9 Å². The summed E-state index contributed by atoms with van der Waals surface area (Å²) in [5.41, 5.74) is 1.25. The highest BCUT2D eigenvalue weighted by Gasteiger charge is 2.24. The van der Waals surface area contributed by atoms with Crippen LogP contribution in [0.2, 0.25) is 0 Å². The van der Waals surface area contributed by atoms with Crippen LogP contribution >= 0.6 is 0 Å². The second kappa shape index (κ2) is 10.6. The van der Waals surface area contributed by atoms with E-state index in [0.29, 0.717) is 25.3 Å². The molecule has 6 heteroatoms. The van der Waals surface area contributed by atoms with E-state index in [9.17, 15) is 9.59 Å². The SMILES string of the molecule is COc1ccccc1CCN1CCC[C@H](CN(C)C(=O)CCN2CCCC2=O)C1. The van der Waals surface area contributed by atoms with Crippen molar-refractivity contribution in [3.63, 3.8) is 0 Å². The van der Waals surface area contributed by atoms with Crippen LogP contribution < -0.4 is 4.74 Å². The number of rotatable bonds is 9. The van der Waals surface area contributed by atoms with Crippen LogP contribution in [0.1, 0.15) is 37.7 Å². The number of amides is 2. The number of para-hydroxylation sites is 1. The van der Waals surface area contributed by atoms with Crippen molar-refractivity contribution in [1.29, 1.82) is 0 Å². The Morgan fingerprint density at radius 3 is 2.79 bits per heavy atom. The summed E-state index contributed by atoms with van der Waals surface area (Å²) in [4.78, 5) is 30.4. The molecule has 2 saturated heterocycles. The van der Waals surface area contributed by atoms with Crippen molar-refractivity contribution >= 4 is 11.8 Å². The Balaban J connectivity index is 1.41. The van der Waals surface area contributed by atoms with E-state index >= 15 is 0 Å². The highest BCUT2D eigenvalue weighted by molar-refractivity contribution is 5.80. The Kier molecular flexibility index (Phi) is 7.92. The first-order valence-corrected chi connectivity index (χ1v) is 10.9. The summed E-state index contributed by atoms with van der Waals surface area (Å²) >= 11 is 0. The predicted molar refractivity (Wildman–Crippen MR) is 114 cm³/mol. The lowest BCUT2D eigenvalue weighted by Crippen LogP contribution is -2.42. The van der Waals surface area contributed by atoms with Crippen molar-refractivity contribution < 1.29 is 14.3 Å². The van der Waals surface area contributed by atoms with Crippen molar-refractivity contribution in [2.45, 2.75) is 38.5 Å². The molecular weight excluding hydrogens is 366 g/mol. The summed E-state index contributed by atoms with van der Waals surface area (Å²) in [6, 6.07) is 8.22. The minimum Gasteiger partial charge on any atom is -0.496 e. The summed E-state index contributed by atoms with van der Waals surface area (Å²) in [6.45, 7) is 5.36. The minimum atomic E-state index is 0.149. The molecule has 160 valence electrons. The molecule has 0 aromatic heterocycles. The fourth-order valence-electron chi connectivity index (χ4n) is 4.54. The molecule has 0 saturated carbocycles. The quantitative estimate of drug-likeness (QED) is 0.638. The van der Waals surface area contributed by atoms with Crippen molar-refractivity contribution in [3.8, 4) is 5.75 Å². The van der Waals surface area contributed by atoms with Gasteiger partial charge >= 0.3 is 0 Å². The molecule has 0 unspecified atom stereocenters. The predicted octanol–water partition coefficient (Wildman–Crippen LogP) is 2.42. The summed E-state index contributed by atoms with van der Waals surface area (Å²) < 4.78 is 5.46. The van der Waals surface area contributed by atoms with Crippen LogP contribution in [-0.2, 0) is 16.0 Å². The Morgan fingerprint density at radius 2 is 2.03 bits per heavy atom. The normalized spacial score (nSPS) is 20.1. The van der Waals surface area contributed by atoms with Gasteiger partial charge in [-0.15, -0.1) is 0 Å². The molecule has 2 aliphatic heterocycles. The molecule has 0 N–H and O–H groups in total. The molecule has 0 aliphatic carbocycles. The largest absolute Gasteiger partial charge is 0.496 e. The fourth-order valence-corrected chi connectivity index (χ4v) is 4.54. The number of benzene rings is 1. The first kappa shape index (κ1) is 21.6. The molecular formula is C23H35N3O3. The number of carbonyl (C=O) groups is 2. The van der Waals surface area contributed by atoms with E-state index in [0.717, 1.165) is 51.3 Å². The molecule has 29 heavy (non-hydrogen) atoms. The van der Waals surface area contributed by atoms with E-state index < -0.39 is 0 Å². The van der Waals surface area contributed by atoms with Crippen LogP contribution in [0.15, 0.2) is 24.3 Å². The van der Waals surface area contributed by atoms with Crippen molar-refractivity contribution in [2.75, 3.05) is 53.4 Å². The summed E-state index contributed by atoms with van der Waals surface area (Å²) in [5.74, 6) is 1.82. The zero-order chi connectivity index (χ0) is 20.6. The van der Waals surface area contributed by atoms with Gasteiger partial charge in [0.05, 0.1) is 7.11 Å². The van der Waals surface area contributed by atoms with Gasteiger partial charge in [0.25, 0.3) is 0 Å². The topological polar surface area (TPSA) is 53.1 Å². The maximum Gasteiger partial charge on any atom is 0.224 e. The molecule has 2 heterocycles. The third-order valence-corrected chi connectivity index (χ3v) is 6.22. The Labute approximate surface area is 174 Å². The smallest absolute Gasteiger partial charge is 0.224 e. The number of nitrogens with zero attached hydrogens (tertiary/aromatic N) is 3. The molecule has 2 fully saturated rings. The van der Waals surface area contributed by atoms with Gasteiger partial charge in [-0.3, -0.25) is 9.59 Å². The van der Waals surface area contributed by atoms with Gasteiger partial charge in [-0.05, 0) is 49.8 Å². The molecule has 2 aliphatic rings. The first-order valence-electron chi connectivity index (χ1n) is 10.9. The van der Waals surface area contributed by atoms with Gasteiger partial charge in [-0.1, -0.05) is 18.2 Å². The molecule has 0 spiro atoms. The number of hydrogen-bond donors (Lipinski definition) is 0. The van der Waals surface area contributed by atoms with E-state index in [1.165, 1.54) is 18.4 Å². The molecule has 0 bridgehead atoms. The lowest BCUT2D eigenvalue weighted by Gasteiger charge is -2.35. The number of hydrogen-bond acceptors (Lipinski definition) is 4. The van der Waals surface area contributed by atoms with Crippen LogP contribution in [0.4, 0.5) is 0 Å². The molecule has 1 aromatic rings. The number of piperidine rings is 1. The highest BCUT2D eigenvalue weighted by Crippen LogP contribution is 2.21. The standard InChI is InChI=1S/C23H35N3O3/c1-24(22(27)12-16-26-14-6-10-23(26)28)17-19-7-5-13-25(18-19)15-11-20-8-3-4-9-21(20)29-2/h3-4,8-9,19H,5-7,10-18H2,1-2H3/t19-/m1/s1. The molecule has 6 nitrogen and oxygen atoms in total. The van der Waals surface area contributed by atoms with Crippen LogP contribution in [0.3, 0.4) is 0 Å². The second-order valence-electron chi connectivity index (χ2n) is 8.38. The summed E-state index contributed by atoms with van der Waals surface area (Å²) in [6.07, 6.45) is 5.34. The van der Waals surface area contributed by atoms with Gasteiger partial charge in [0, 0.05) is 52.6 Å². The average molecular weight is 402 g/mol. The number of ether oxygens (including phenoxy) is 1. The Morgan fingerprint density at radius 1 is 1.21 bits per heavy atom. The van der Waals surface area contributed by atoms with Gasteiger partial charge in [-0.2, -0.15) is 0 Å². The monoisotopic (exact) mass is 401 g/mol. The minimum absolute atomic E-state index is 0.149. The maximum absolute atomic E-state index is 12.5. The van der Waals surface area contributed by atoms with Gasteiger partial charge < -0.3 is 19.4 Å². The van der Waals surface area contributed by atoms with Gasteiger partial charge in [0.1, 0.15) is 5.75 Å². The zero-order valence-electron chi connectivity index (χ0n) is 17.9. The molecule has 1 aromatic carbocycles. The van der Waals surface area contributed by atoms with E-state index in [4.69, 9.17) is 4.74 Å². The van der Waals surface area contributed by atoms with Crippen molar-refractivity contribution in [1.82, 2.24) is 14.7 Å². The van der Waals surface area contributed by atoms with Crippen molar-refractivity contribution in [2.24, 2.45) is 5.92 Å². The van der Waals surface area contributed by atoms with Crippen LogP contribution in [0, 0.1) is 5.92 Å². The van der Waals surface area contributed by atoms with Crippen LogP contribution in [0.25, 0.3) is 0 Å². The number of methoxy groups -OCH3 is 1. The van der Waals surface area contributed by atoms with Gasteiger partial charge in [0.2, 0.25) is 11.8 Å². The molecule has 3 rings (SSSR count). The molecule has 1 atom stereocenters. The maximum atomic E-state index is 12.5. The first-order chi connectivity index (χ1) is 14.1. The lowest BCUT2D eigenvalue weighted by molar-refractivity contribution is -0.132. The fraction of sp³-hybridized carbons (Fsp3) is 0.652. The van der Waals surface area contributed by atoms with Gasteiger partial charge in [-0.25, -0.2) is 0 Å². The molecule has 2 amide bonds. The highest BCUT2D eigenvalue weighted by atomic mass is 16.5. The Bertz CT molecular complexity index is 694. The number of carbonyl (C=O) groups excluding carboxylic acids is 2. The lowest BCUT2D eigenvalue weighted by atomic mass is 9.97. The third kappa shape index (κ3) is 6.20.